The molecule has 3 aromatic heterocycles. The first-order valence-electron chi connectivity index (χ1n) is 14.6. The van der Waals surface area contributed by atoms with Crippen molar-refractivity contribution in [2.24, 2.45) is 4.99 Å². The SMILES string of the molecule is Cc1cc(CCCCCCCOc2ccc(C3=NCCO3)cc2)on1.O=c1[nH]cnc2c1ncn2[C@H]1CC[C@@H](CO)O1. The molecule has 4 aromatic rings. The molecule has 0 saturated carbocycles. The van der Waals surface area contributed by atoms with Gasteiger partial charge in [-0.15, -0.1) is 0 Å². The van der Waals surface area contributed by atoms with Crippen molar-refractivity contribution in [2.45, 2.75) is 70.6 Å². The highest BCUT2D eigenvalue weighted by atomic mass is 16.5. The maximum absolute atomic E-state index is 11.5. The number of unbranched alkanes of at least 4 members (excludes halogenated alkanes) is 4. The second-order valence-corrected chi connectivity index (χ2v) is 10.4. The largest absolute Gasteiger partial charge is 0.494 e. The third-order valence-corrected chi connectivity index (χ3v) is 7.16. The number of imidazole rings is 1. The molecule has 2 aliphatic heterocycles. The number of aromatic nitrogens is 5. The van der Waals surface area contributed by atoms with Crippen LogP contribution in [0.2, 0.25) is 0 Å². The van der Waals surface area contributed by atoms with Crippen LogP contribution in [0.3, 0.4) is 0 Å². The molecular formula is C30H38N6O6. The molecule has 12 nitrogen and oxygen atoms in total. The summed E-state index contributed by atoms with van der Waals surface area (Å²) in [7, 11) is 0. The second kappa shape index (κ2) is 14.7. The summed E-state index contributed by atoms with van der Waals surface area (Å²) in [6.45, 7) is 4.17. The monoisotopic (exact) mass is 578 g/mol. The number of fused-ring (bicyclic) bond motifs is 1. The zero-order valence-electron chi connectivity index (χ0n) is 23.9. The lowest BCUT2D eigenvalue weighted by molar-refractivity contribution is -0.0207. The average molecular weight is 579 g/mol. The number of benzene rings is 1. The number of aliphatic hydroxyl groups is 1. The molecule has 1 saturated heterocycles. The van der Waals surface area contributed by atoms with Crippen molar-refractivity contribution < 1.29 is 23.8 Å². The number of aliphatic imine (C=N–C) groups is 1. The maximum atomic E-state index is 11.5. The van der Waals surface area contributed by atoms with Crippen molar-refractivity contribution >= 4 is 17.1 Å². The number of nitrogens with zero attached hydrogens (tertiary/aromatic N) is 5. The smallest absolute Gasteiger partial charge is 0.278 e. The molecule has 0 aliphatic carbocycles. The van der Waals surface area contributed by atoms with Crippen LogP contribution in [0, 0.1) is 6.92 Å². The van der Waals surface area contributed by atoms with Crippen molar-refractivity contribution in [1.82, 2.24) is 24.7 Å². The molecule has 2 aliphatic rings. The van der Waals surface area contributed by atoms with Gasteiger partial charge in [-0.2, -0.15) is 0 Å². The standard InChI is InChI=1S/C20H26N2O3.C10H12N4O3/c1-16-15-19(25-22-16)7-5-3-2-4-6-13-23-18-10-8-17(9-11-18)20-21-12-14-24-20;15-3-6-1-2-7(17-6)14-5-13-8-9(14)11-4-12-10(8)16/h8-11,15H,2-7,12-14H2,1H3;4-7,15H,1-3H2,(H,11,12,16)/t;6-,7+/m.0/s1. The number of ether oxygens (including phenoxy) is 3. The van der Waals surface area contributed by atoms with Crippen LogP contribution < -0.4 is 10.3 Å². The Bertz CT molecular complexity index is 1490. The Hall–Kier alpha value is -4.03. The van der Waals surface area contributed by atoms with E-state index in [0.717, 1.165) is 73.9 Å². The van der Waals surface area contributed by atoms with Crippen LogP contribution in [0.25, 0.3) is 11.2 Å². The first-order chi connectivity index (χ1) is 20.6. The number of hydrogen-bond acceptors (Lipinski definition) is 10. The Morgan fingerprint density at radius 3 is 2.67 bits per heavy atom. The Kier molecular flexibility index (Phi) is 10.3. The number of aromatic amines is 1. The van der Waals surface area contributed by atoms with Gasteiger partial charge in [0.1, 0.15) is 24.3 Å². The van der Waals surface area contributed by atoms with Gasteiger partial charge in [-0.1, -0.05) is 24.4 Å². The van der Waals surface area contributed by atoms with Crippen molar-refractivity contribution in [2.75, 3.05) is 26.4 Å². The van der Waals surface area contributed by atoms with Gasteiger partial charge < -0.3 is 28.8 Å². The van der Waals surface area contributed by atoms with E-state index in [2.05, 4.69) is 25.1 Å². The van der Waals surface area contributed by atoms with Crippen molar-refractivity contribution in [3.8, 4) is 5.75 Å². The van der Waals surface area contributed by atoms with Crippen molar-refractivity contribution in [1.29, 1.82) is 0 Å². The van der Waals surface area contributed by atoms with E-state index in [4.69, 9.17) is 23.8 Å². The highest BCUT2D eigenvalue weighted by molar-refractivity contribution is 5.95. The van der Waals surface area contributed by atoms with Gasteiger partial charge in [0.2, 0.25) is 5.90 Å². The van der Waals surface area contributed by atoms with Crippen molar-refractivity contribution in [3.05, 3.63) is 70.4 Å². The van der Waals surface area contributed by atoms with E-state index >= 15 is 0 Å². The second-order valence-electron chi connectivity index (χ2n) is 10.4. The molecule has 0 radical (unpaired) electrons. The van der Waals surface area contributed by atoms with E-state index < -0.39 is 0 Å². The van der Waals surface area contributed by atoms with Crippen molar-refractivity contribution in [3.63, 3.8) is 0 Å². The molecule has 42 heavy (non-hydrogen) atoms. The van der Waals surface area contributed by atoms with Crippen LogP contribution in [-0.2, 0) is 15.9 Å². The molecule has 0 bridgehead atoms. The summed E-state index contributed by atoms with van der Waals surface area (Å²) in [5, 5.41) is 12.9. The minimum Gasteiger partial charge on any atom is -0.494 e. The van der Waals surface area contributed by atoms with Gasteiger partial charge in [-0.25, -0.2) is 15.0 Å². The molecule has 2 atom stereocenters. The number of nitrogens with one attached hydrogen (secondary N) is 1. The molecule has 12 heteroatoms. The highest BCUT2D eigenvalue weighted by Gasteiger charge is 2.27. The van der Waals surface area contributed by atoms with E-state index in [1.807, 2.05) is 37.3 Å². The summed E-state index contributed by atoms with van der Waals surface area (Å²) in [4.78, 5) is 26.4. The molecule has 1 fully saturated rings. The zero-order valence-corrected chi connectivity index (χ0v) is 23.9. The van der Waals surface area contributed by atoms with Gasteiger partial charge in [0.05, 0.1) is 44.2 Å². The topological polar surface area (TPSA) is 150 Å². The minimum absolute atomic E-state index is 0.0111. The zero-order chi connectivity index (χ0) is 29.1. The minimum atomic E-state index is -0.259. The molecular weight excluding hydrogens is 540 g/mol. The fourth-order valence-electron chi connectivity index (χ4n) is 4.96. The van der Waals surface area contributed by atoms with Crippen LogP contribution >= 0.6 is 0 Å². The Morgan fingerprint density at radius 1 is 1.10 bits per heavy atom. The van der Waals surface area contributed by atoms with E-state index in [1.54, 1.807) is 10.9 Å². The van der Waals surface area contributed by atoms with Gasteiger partial charge in [0, 0.05) is 18.1 Å². The molecule has 0 spiro atoms. The normalized spacial score (nSPS) is 18.0. The maximum Gasteiger partial charge on any atom is 0.278 e. The van der Waals surface area contributed by atoms with Gasteiger partial charge in [0.15, 0.2) is 11.2 Å². The van der Waals surface area contributed by atoms with Crippen LogP contribution in [0.15, 0.2) is 57.3 Å². The molecule has 0 unspecified atom stereocenters. The predicted molar refractivity (Wildman–Crippen MR) is 156 cm³/mol. The number of H-pyrrole nitrogens is 1. The quantitative estimate of drug-likeness (QED) is 0.237. The summed E-state index contributed by atoms with van der Waals surface area (Å²) in [5.74, 6) is 2.65. The lowest BCUT2D eigenvalue weighted by atomic mass is 10.1. The van der Waals surface area contributed by atoms with Crippen LogP contribution in [0.5, 0.6) is 5.75 Å². The highest BCUT2D eigenvalue weighted by Crippen LogP contribution is 2.29. The summed E-state index contributed by atoms with van der Waals surface area (Å²) in [5.41, 5.74) is 2.54. The van der Waals surface area contributed by atoms with Gasteiger partial charge in [-0.05, 0) is 56.9 Å². The molecule has 6 rings (SSSR count). The number of aryl methyl sites for hydroxylation is 2. The average Bonchev–Trinajstić information content (AvgIpc) is 3.83. The van der Waals surface area contributed by atoms with E-state index in [-0.39, 0.29) is 24.5 Å². The van der Waals surface area contributed by atoms with Crippen LogP contribution in [0.1, 0.15) is 68.2 Å². The molecule has 1 aromatic carbocycles. The number of aliphatic hydroxyl groups excluding tert-OH is 1. The third-order valence-electron chi connectivity index (χ3n) is 7.16. The first-order valence-corrected chi connectivity index (χ1v) is 14.6. The fraction of sp³-hybridized carbons (Fsp3) is 0.500. The van der Waals surface area contributed by atoms with Crippen LogP contribution in [0.4, 0.5) is 0 Å². The molecule has 0 amide bonds. The van der Waals surface area contributed by atoms with E-state index in [0.29, 0.717) is 17.8 Å². The van der Waals surface area contributed by atoms with Gasteiger partial charge in [0.25, 0.3) is 5.56 Å². The summed E-state index contributed by atoms with van der Waals surface area (Å²) in [6, 6.07) is 10.00. The first kappa shape index (κ1) is 29.5. The van der Waals surface area contributed by atoms with E-state index in [9.17, 15) is 4.79 Å². The lowest BCUT2D eigenvalue weighted by Gasteiger charge is -2.13. The Labute approximate surface area is 243 Å². The summed E-state index contributed by atoms with van der Waals surface area (Å²) >= 11 is 0. The Morgan fingerprint density at radius 2 is 1.93 bits per heavy atom. The number of rotatable bonds is 12. The molecule has 224 valence electrons. The fourth-order valence-corrected chi connectivity index (χ4v) is 4.96. The predicted octanol–water partition coefficient (Wildman–Crippen LogP) is 4.12. The summed E-state index contributed by atoms with van der Waals surface area (Å²) < 4.78 is 23.8. The third kappa shape index (κ3) is 7.83. The van der Waals surface area contributed by atoms with E-state index in [1.165, 1.54) is 25.6 Å². The molecule has 5 heterocycles. The Balaban J connectivity index is 0.000000180. The molecule has 2 N–H and O–H groups in total. The van der Waals surface area contributed by atoms with Gasteiger partial charge >= 0.3 is 0 Å². The number of hydrogen-bond donors (Lipinski definition) is 2. The lowest BCUT2D eigenvalue weighted by Crippen LogP contribution is -2.14. The van der Waals surface area contributed by atoms with Crippen LogP contribution in [-0.4, -0.2) is 68.1 Å². The van der Waals surface area contributed by atoms with Gasteiger partial charge in [-0.3, -0.25) is 9.36 Å². The summed E-state index contributed by atoms with van der Waals surface area (Å²) in [6.07, 6.45) is 11.0.